The normalized spacial score (nSPS) is 19.4. The van der Waals surface area contributed by atoms with Gasteiger partial charge in [0.25, 0.3) is 0 Å². The number of allylic oxidation sites excluding steroid dienone is 1. The molecule has 0 aromatic carbocycles. The van der Waals surface area contributed by atoms with Crippen LogP contribution in [0.5, 0.6) is 0 Å². The minimum Gasteiger partial charge on any atom is -0.390 e. The zero-order valence-electron chi connectivity index (χ0n) is 7.95. The number of hydrogen-bond donors (Lipinski definition) is 2. The number of hydrogen-bond acceptors (Lipinski definition) is 2. The summed E-state index contributed by atoms with van der Waals surface area (Å²) in [5, 5.41) is 19.1. The number of aliphatic hydroxyl groups excluding tert-OH is 1. The van der Waals surface area contributed by atoms with E-state index in [2.05, 4.69) is 6.92 Å². The van der Waals surface area contributed by atoms with Gasteiger partial charge in [-0.05, 0) is 33.1 Å². The number of aliphatic hydroxyl groups is 2. The van der Waals surface area contributed by atoms with Crippen LogP contribution < -0.4 is 0 Å². The first-order valence-electron chi connectivity index (χ1n) is 4.41. The maximum Gasteiger partial charge on any atom is 0.0934 e. The molecule has 0 aliphatic heterocycles. The molecule has 2 N–H and O–H groups in total. The van der Waals surface area contributed by atoms with E-state index in [4.69, 9.17) is 0 Å². The molecular formula is C10H19O2. The van der Waals surface area contributed by atoms with Gasteiger partial charge in [0.1, 0.15) is 0 Å². The molecule has 0 fully saturated rings. The first kappa shape index (κ1) is 11.7. The van der Waals surface area contributed by atoms with Crippen molar-refractivity contribution in [3.63, 3.8) is 0 Å². The summed E-state index contributed by atoms with van der Waals surface area (Å²) >= 11 is 0. The van der Waals surface area contributed by atoms with Gasteiger partial charge in [-0.15, -0.1) is 0 Å². The van der Waals surface area contributed by atoms with E-state index in [0.29, 0.717) is 12.8 Å². The summed E-state index contributed by atoms with van der Waals surface area (Å²) in [7, 11) is 0. The van der Waals surface area contributed by atoms with Crippen LogP contribution in [0.3, 0.4) is 0 Å². The van der Waals surface area contributed by atoms with Gasteiger partial charge in [0.2, 0.25) is 0 Å². The molecule has 0 rings (SSSR count). The Morgan fingerprint density at radius 1 is 1.50 bits per heavy atom. The van der Waals surface area contributed by atoms with Crippen molar-refractivity contribution in [2.45, 2.75) is 44.8 Å². The van der Waals surface area contributed by atoms with Crippen molar-refractivity contribution in [2.75, 3.05) is 0 Å². The van der Waals surface area contributed by atoms with Crippen LogP contribution in [-0.2, 0) is 0 Å². The Morgan fingerprint density at radius 2 is 2.08 bits per heavy atom. The third kappa shape index (κ3) is 3.37. The quantitative estimate of drug-likeness (QED) is 0.618. The molecule has 2 unspecified atom stereocenters. The second-order valence-corrected chi connectivity index (χ2v) is 3.10. The second-order valence-electron chi connectivity index (χ2n) is 3.10. The lowest BCUT2D eigenvalue weighted by atomic mass is 9.91. The highest BCUT2D eigenvalue weighted by Crippen LogP contribution is 2.20. The first-order valence-corrected chi connectivity index (χ1v) is 4.41. The van der Waals surface area contributed by atoms with Gasteiger partial charge in [0.05, 0.1) is 11.7 Å². The maximum absolute atomic E-state index is 9.80. The topological polar surface area (TPSA) is 40.5 Å². The van der Waals surface area contributed by atoms with Gasteiger partial charge in [0.15, 0.2) is 0 Å². The molecule has 71 valence electrons. The Balaban J connectivity index is 4.05. The molecule has 2 atom stereocenters. The lowest BCUT2D eigenvalue weighted by Gasteiger charge is -2.28. The Hall–Kier alpha value is -0.340. The smallest absolute Gasteiger partial charge is 0.0934 e. The average Bonchev–Trinajstić information content (AvgIpc) is 2.04. The van der Waals surface area contributed by atoms with Crippen LogP contribution in [0.2, 0.25) is 0 Å². The van der Waals surface area contributed by atoms with Crippen molar-refractivity contribution >= 4 is 0 Å². The average molecular weight is 171 g/mol. The molecule has 2 heteroatoms. The fourth-order valence-corrected chi connectivity index (χ4v) is 1.02. The van der Waals surface area contributed by atoms with Crippen LogP contribution in [-0.4, -0.2) is 21.9 Å². The lowest BCUT2D eigenvalue weighted by Crippen LogP contribution is -2.39. The van der Waals surface area contributed by atoms with E-state index in [1.54, 1.807) is 6.92 Å². The third-order valence-corrected chi connectivity index (χ3v) is 2.19. The molecular weight excluding hydrogens is 152 g/mol. The molecule has 2 nitrogen and oxygen atoms in total. The molecule has 0 heterocycles. The van der Waals surface area contributed by atoms with Crippen molar-refractivity contribution in [3.8, 4) is 0 Å². The van der Waals surface area contributed by atoms with Crippen LogP contribution in [0, 0.1) is 6.92 Å². The minimum absolute atomic E-state index is 0.497. The molecule has 0 saturated heterocycles. The second kappa shape index (κ2) is 5.33. The van der Waals surface area contributed by atoms with Crippen LogP contribution in [0.1, 0.15) is 33.1 Å². The van der Waals surface area contributed by atoms with Gasteiger partial charge in [0, 0.05) is 0 Å². The standard InChI is InChI=1S/C10H19O2/c1-4-6-7-8-10(12,5-2)9(3)11/h6-7,9,11-12H,1,4-5,8H2,2-3H3. The third-order valence-electron chi connectivity index (χ3n) is 2.19. The van der Waals surface area contributed by atoms with Gasteiger partial charge < -0.3 is 10.2 Å². The Kier molecular flexibility index (Phi) is 5.18. The monoisotopic (exact) mass is 171 g/mol. The van der Waals surface area contributed by atoms with Crippen molar-refractivity contribution in [3.05, 3.63) is 19.1 Å². The zero-order chi connectivity index (χ0) is 9.61. The molecule has 12 heavy (non-hydrogen) atoms. The van der Waals surface area contributed by atoms with E-state index in [0.717, 1.165) is 6.42 Å². The van der Waals surface area contributed by atoms with Crippen molar-refractivity contribution in [1.29, 1.82) is 0 Å². The lowest BCUT2D eigenvalue weighted by molar-refractivity contribution is -0.0660. The highest BCUT2D eigenvalue weighted by Gasteiger charge is 2.28. The van der Waals surface area contributed by atoms with Gasteiger partial charge in [-0.25, -0.2) is 0 Å². The van der Waals surface area contributed by atoms with E-state index in [1.807, 2.05) is 19.1 Å². The summed E-state index contributed by atoms with van der Waals surface area (Å²) < 4.78 is 0. The molecule has 0 aromatic heterocycles. The summed E-state index contributed by atoms with van der Waals surface area (Å²) in [6.45, 7) is 7.12. The molecule has 0 aliphatic carbocycles. The van der Waals surface area contributed by atoms with Crippen molar-refractivity contribution in [2.24, 2.45) is 0 Å². The maximum atomic E-state index is 9.80. The molecule has 0 aromatic rings. The van der Waals surface area contributed by atoms with Crippen LogP contribution in [0.15, 0.2) is 12.2 Å². The predicted octanol–water partition coefficient (Wildman–Crippen LogP) is 1.68. The van der Waals surface area contributed by atoms with E-state index in [9.17, 15) is 10.2 Å². The van der Waals surface area contributed by atoms with E-state index >= 15 is 0 Å². The summed E-state index contributed by atoms with van der Waals surface area (Å²) in [6.07, 6.45) is 4.85. The molecule has 0 saturated carbocycles. The van der Waals surface area contributed by atoms with Crippen LogP contribution in [0.4, 0.5) is 0 Å². The first-order chi connectivity index (χ1) is 5.56. The molecule has 0 amide bonds. The zero-order valence-corrected chi connectivity index (χ0v) is 7.95. The highest BCUT2D eigenvalue weighted by atomic mass is 16.3. The van der Waals surface area contributed by atoms with Gasteiger partial charge in [-0.1, -0.05) is 19.1 Å². The van der Waals surface area contributed by atoms with E-state index in [-0.39, 0.29) is 0 Å². The van der Waals surface area contributed by atoms with Crippen LogP contribution in [0.25, 0.3) is 0 Å². The van der Waals surface area contributed by atoms with Gasteiger partial charge >= 0.3 is 0 Å². The van der Waals surface area contributed by atoms with Gasteiger partial charge in [-0.2, -0.15) is 0 Å². The van der Waals surface area contributed by atoms with Crippen LogP contribution >= 0.6 is 0 Å². The van der Waals surface area contributed by atoms with E-state index < -0.39 is 11.7 Å². The Labute approximate surface area is 74.9 Å². The van der Waals surface area contributed by atoms with Gasteiger partial charge in [-0.3, -0.25) is 0 Å². The number of rotatable bonds is 5. The fourth-order valence-electron chi connectivity index (χ4n) is 1.02. The fraction of sp³-hybridized carbons (Fsp3) is 0.700. The highest BCUT2D eigenvalue weighted by molar-refractivity contribution is 4.93. The molecule has 0 spiro atoms. The SMILES string of the molecule is [CH2]CC=CCC(O)(CC)C(C)O. The summed E-state index contributed by atoms with van der Waals surface area (Å²) in [6, 6.07) is 0. The Morgan fingerprint density at radius 3 is 2.42 bits per heavy atom. The predicted molar refractivity (Wildman–Crippen MR) is 50.7 cm³/mol. The minimum atomic E-state index is -0.967. The molecule has 0 bridgehead atoms. The molecule has 1 radical (unpaired) electrons. The van der Waals surface area contributed by atoms with Crippen molar-refractivity contribution < 1.29 is 10.2 Å². The van der Waals surface area contributed by atoms with Crippen molar-refractivity contribution in [1.82, 2.24) is 0 Å². The summed E-state index contributed by atoms with van der Waals surface area (Å²) in [5.74, 6) is 0. The summed E-state index contributed by atoms with van der Waals surface area (Å²) in [5.41, 5.74) is -0.967. The molecule has 0 aliphatic rings. The van der Waals surface area contributed by atoms with E-state index in [1.165, 1.54) is 0 Å². The largest absolute Gasteiger partial charge is 0.390 e. The summed E-state index contributed by atoms with van der Waals surface area (Å²) in [4.78, 5) is 0. The Bertz CT molecular complexity index is 141.